The van der Waals surface area contributed by atoms with Crippen LogP contribution in [0.15, 0.2) is 0 Å². The van der Waals surface area contributed by atoms with E-state index in [1.165, 1.54) is 0 Å². The molecule has 0 aromatic carbocycles. The number of hydrogen-bond acceptors (Lipinski definition) is 8. The summed E-state index contributed by atoms with van der Waals surface area (Å²) in [5.41, 5.74) is 0. The van der Waals surface area contributed by atoms with Crippen molar-refractivity contribution in [1.29, 1.82) is 0 Å². The third-order valence-corrected chi connectivity index (χ3v) is 5.20. The van der Waals surface area contributed by atoms with Gasteiger partial charge in [0, 0.05) is 64.4 Å². The van der Waals surface area contributed by atoms with Gasteiger partial charge in [0.15, 0.2) is 0 Å². The van der Waals surface area contributed by atoms with Gasteiger partial charge in [-0.05, 0) is 24.3 Å². The summed E-state index contributed by atoms with van der Waals surface area (Å²) in [7, 11) is 1.90. The molecule has 4 amide bonds. The molecule has 4 N–H and O–H groups in total. The lowest BCUT2D eigenvalue weighted by Gasteiger charge is -2.23. The standard InChI is InChI=1S/C20H38FN5O5S.CH3OP/c1-4-17(27)23-12-14-26(15-13-24-18(28)5-2)20(30)10-9-19(29)22-11-7-6-8-16(3)25-32-31-21;2-1-3/h16,25H,4-15H2,1-3H3,(H,22,29)(H,23,27)(H,24,28);1H,3H2. The van der Waals surface area contributed by atoms with Gasteiger partial charge in [0.1, 0.15) is 18.3 Å². The number of hydrogen-bond donors (Lipinski definition) is 4. The highest BCUT2D eigenvalue weighted by Gasteiger charge is 2.15. The van der Waals surface area contributed by atoms with Gasteiger partial charge >= 0.3 is 0 Å². The molecule has 0 aliphatic rings. The number of nitrogens with zero attached hydrogens (tertiary/aromatic N) is 1. The summed E-state index contributed by atoms with van der Waals surface area (Å²) in [6.07, 6.45) is 3.27. The van der Waals surface area contributed by atoms with Gasteiger partial charge in [-0.3, -0.25) is 24.0 Å². The summed E-state index contributed by atoms with van der Waals surface area (Å²) in [5.74, 6) is -0.611. The Balaban J connectivity index is 0. The number of rotatable bonds is 19. The molecule has 2 unspecified atom stereocenters. The second kappa shape index (κ2) is 25.3. The smallest absolute Gasteiger partial charge is 0.223 e. The van der Waals surface area contributed by atoms with Crippen LogP contribution in [-0.4, -0.2) is 73.3 Å². The first-order valence-electron chi connectivity index (χ1n) is 11.7. The average molecular weight is 542 g/mol. The van der Waals surface area contributed by atoms with Crippen molar-refractivity contribution in [3.63, 3.8) is 0 Å². The SMILES string of the molecule is CCC(=O)NCCN(CCNC(=O)CC)C(=O)CCC(=O)NCCCCC(C)NSOF.O=CP. The lowest BCUT2D eigenvalue weighted by molar-refractivity contribution is -0.134. The van der Waals surface area contributed by atoms with Crippen molar-refractivity contribution in [2.45, 2.75) is 71.8 Å². The Morgan fingerprint density at radius 2 is 1.46 bits per heavy atom. The molecule has 0 rings (SSSR count). The maximum atomic E-state index is 12.6. The van der Waals surface area contributed by atoms with Crippen molar-refractivity contribution in [1.82, 2.24) is 25.6 Å². The van der Waals surface area contributed by atoms with E-state index < -0.39 is 0 Å². The zero-order chi connectivity index (χ0) is 26.9. The highest BCUT2D eigenvalue weighted by Crippen LogP contribution is 2.05. The summed E-state index contributed by atoms with van der Waals surface area (Å²) < 4.78 is 17.7. The lowest BCUT2D eigenvalue weighted by atomic mass is 10.1. The molecule has 35 heavy (non-hydrogen) atoms. The van der Waals surface area contributed by atoms with E-state index >= 15 is 0 Å². The fourth-order valence-corrected chi connectivity index (χ4v) is 3.02. The number of carbonyl (C=O) groups excluding carboxylic acids is 5. The summed E-state index contributed by atoms with van der Waals surface area (Å²) in [6, 6.07) is 0.749. The van der Waals surface area contributed by atoms with Gasteiger partial charge in [0.25, 0.3) is 0 Å². The van der Waals surface area contributed by atoms with Gasteiger partial charge in [-0.15, -0.1) is 4.39 Å². The molecule has 14 heteroatoms. The van der Waals surface area contributed by atoms with Crippen molar-refractivity contribution >= 4 is 51.1 Å². The molecular formula is C21H41FN5O6PS. The van der Waals surface area contributed by atoms with Crippen molar-refractivity contribution in [2.75, 3.05) is 32.7 Å². The van der Waals surface area contributed by atoms with Crippen molar-refractivity contribution < 1.29 is 32.9 Å². The molecule has 2 atom stereocenters. The van der Waals surface area contributed by atoms with Gasteiger partial charge in [-0.1, -0.05) is 29.5 Å². The maximum absolute atomic E-state index is 12.6. The van der Waals surface area contributed by atoms with E-state index in [-0.39, 0.29) is 42.5 Å². The Morgan fingerprint density at radius 3 is 1.94 bits per heavy atom. The molecule has 0 aliphatic carbocycles. The van der Waals surface area contributed by atoms with Crippen molar-refractivity contribution in [3.05, 3.63) is 0 Å². The number of nitrogens with one attached hydrogen (secondary N) is 4. The molecule has 11 nitrogen and oxygen atoms in total. The van der Waals surface area contributed by atoms with E-state index in [2.05, 4.69) is 25.1 Å². The van der Waals surface area contributed by atoms with E-state index in [0.717, 1.165) is 19.3 Å². The highest BCUT2D eigenvalue weighted by atomic mass is 32.2. The van der Waals surface area contributed by atoms with Crippen LogP contribution in [0.4, 0.5) is 4.53 Å². The van der Waals surface area contributed by atoms with Gasteiger partial charge in [-0.2, -0.15) is 0 Å². The fourth-order valence-electron chi connectivity index (χ4n) is 2.70. The van der Waals surface area contributed by atoms with Gasteiger partial charge in [-0.25, -0.2) is 4.72 Å². The molecule has 0 radical (unpaired) electrons. The highest BCUT2D eigenvalue weighted by molar-refractivity contribution is 7.92. The van der Waals surface area contributed by atoms with Crippen molar-refractivity contribution in [3.8, 4) is 0 Å². The third kappa shape index (κ3) is 23.7. The Morgan fingerprint density at radius 1 is 0.943 bits per heavy atom. The number of amides is 4. The van der Waals surface area contributed by atoms with Gasteiger partial charge in [0.05, 0.1) is 0 Å². The molecule has 0 heterocycles. The number of unbranched alkanes of at least 4 members (excludes halogenated alkanes) is 1. The first-order chi connectivity index (χ1) is 16.7. The maximum Gasteiger partial charge on any atom is 0.223 e. The lowest BCUT2D eigenvalue weighted by Crippen LogP contribution is -2.42. The predicted molar refractivity (Wildman–Crippen MR) is 138 cm³/mol. The second-order valence-corrected chi connectivity index (χ2v) is 8.24. The Hall–Kier alpha value is -1.82. The summed E-state index contributed by atoms with van der Waals surface area (Å²) >= 11 is 0.547. The first kappa shape index (κ1) is 35.3. The van der Waals surface area contributed by atoms with Crippen LogP contribution in [-0.2, 0) is 28.4 Å². The quantitative estimate of drug-likeness (QED) is 0.0632. The molecule has 0 saturated carbocycles. The third-order valence-electron chi connectivity index (χ3n) is 4.64. The monoisotopic (exact) mass is 541 g/mol. The topological polar surface area (TPSA) is 146 Å². The van der Waals surface area contributed by atoms with E-state index in [1.807, 2.05) is 16.2 Å². The molecule has 0 bridgehead atoms. The second-order valence-electron chi connectivity index (χ2n) is 7.43. The molecule has 204 valence electrons. The van der Waals surface area contributed by atoms with Crippen LogP contribution >= 0.6 is 21.5 Å². The molecule has 0 saturated heterocycles. The van der Waals surface area contributed by atoms with Crippen LogP contribution in [0.5, 0.6) is 0 Å². The first-order valence-corrected chi connectivity index (χ1v) is 13.1. The molecule has 0 fully saturated rings. The zero-order valence-electron chi connectivity index (χ0n) is 20.9. The molecule has 0 aliphatic heterocycles. The molecule has 0 aromatic rings. The van der Waals surface area contributed by atoms with E-state index in [9.17, 15) is 23.7 Å². The van der Waals surface area contributed by atoms with Crippen molar-refractivity contribution in [2.24, 2.45) is 0 Å². The van der Waals surface area contributed by atoms with Crippen LogP contribution in [0.3, 0.4) is 0 Å². The minimum Gasteiger partial charge on any atom is -0.356 e. The minimum absolute atomic E-state index is 0.0523. The van der Waals surface area contributed by atoms with Crippen LogP contribution in [0, 0.1) is 0 Å². The Bertz CT molecular complexity index is 599. The van der Waals surface area contributed by atoms with Crippen LogP contribution in [0.25, 0.3) is 0 Å². The molecule has 0 aromatic heterocycles. The normalized spacial score (nSPS) is 10.9. The van der Waals surface area contributed by atoms with E-state index in [0.29, 0.717) is 63.8 Å². The van der Waals surface area contributed by atoms with Gasteiger partial charge in [0.2, 0.25) is 23.6 Å². The van der Waals surface area contributed by atoms with Crippen LogP contribution in [0.2, 0.25) is 0 Å². The fraction of sp³-hybridized carbons (Fsp3) is 0.762. The summed E-state index contributed by atoms with van der Waals surface area (Å²) in [6.45, 7) is 7.15. The van der Waals surface area contributed by atoms with E-state index in [4.69, 9.17) is 4.79 Å². The average Bonchev–Trinajstić information content (AvgIpc) is 2.84. The summed E-state index contributed by atoms with van der Waals surface area (Å²) in [4.78, 5) is 57.7. The van der Waals surface area contributed by atoms with Gasteiger partial charge < -0.3 is 20.9 Å². The van der Waals surface area contributed by atoms with Crippen LogP contribution < -0.4 is 20.7 Å². The largest absolute Gasteiger partial charge is 0.356 e. The Kier molecular flexibility index (Phi) is 25.5. The number of carbonyl (C=O) groups is 5. The number of halogens is 1. The molecular weight excluding hydrogens is 500 g/mol. The predicted octanol–water partition coefficient (Wildman–Crippen LogP) is 1.43. The molecule has 0 spiro atoms. The summed E-state index contributed by atoms with van der Waals surface area (Å²) in [5, 5.41) is 8.23. The van der Waals surface area contributed by atoms with Crippen LogP contribution in [0.1, 0.15) is 65.7 Å². The zero-order valence-corrected chi connectivity index (χ0v) is 22.9. The Labute approximate surface area is 214 Å². The minimum atomic E-state index is -0.205. The van der Waals surface area contributed by atoms with E-state index in [1.54, 1.807) is 18.7 Å².